The molecule has 0 N–H and O–H groups in total. The quantitative estimate of drug-likeness (QED) is 0.261. The zero-order valence-corrected chi connectivity index (χ0v) is 16.6. The van der Waals surface area contributed by atoms with Crippen molar-refractivity contribution in [1.82, 2.24) is 0 Å². The lowest BCUT2D eigenvalue weighted by Crippen LogP contribution is -2.19. The van der Waals surface area contributed by atoms with Crippen molar-refractivity contribution in [1.29, 1.82) is 0 Å². The third-order valence-corrected chi connectivity index (χ3v) is 5.01. The van der Waals surface area contributed by atoms with Crippen LogP contribution >= 0.6 is 0 Å². The summed E-state index contributed by atoms with van der Waals surface area (Å²) in [5.41, 5.74) is -0.0309. The van der Waals surface area contributed by atoms with Gasteiger partial charge in [-0.05, 0) is 59.4 Å². The highest BCUT2D eigenvalue weighted by atomic mass is 19.3. The molecule has 0 bridgehead atoms. The summed E-state index contributed by atoms with van der Waals surface area (Å²) in [6.45, 7) is 2.01. The molecule has 3 rings (SSSR count). The predicted octanol–water partition coefficient (Wildman–Crippen LogP) is 7.73. The highest BCUT2D eigenvalue weighted by Gasteiger charge is 2.37. The molecule has 0 saturated heterocycles. The van der Waals surface area contributed by atoms with Crippen molar-refractivity contribution >= 4 is 0 Å². The minimum Gasteiger partial charge on any atom is -0.206 e. The van der Waals surface area contributed by atoms with Crippen LogP contribution in [0.25, 0.3) is 11.1 Å². The van der Waals surface area contributed by atoms with Crippen molar-refractivity contribution in [3.05, 3.63) is 94.3 Å². The van der Waals surface area contributed by atoms with Crippen molar-refractivity contribution in [2.45, 2.75) is 38.5 Å². The molecule has 0 radical (unpaired) electrons. The van der Waals surface area contributed by atoms with Gasteiger partial charge in [-0.2, -0.15) is 0 Å². The standard InChI is InChI=1S/C24H19F7/c1-2-3-14-4-6-16(7-5-14)17-12-18(25)22(19(26)13-17)24(30,31)9-8-15-10-20(27)23(29)21(28)11-15/h4-7,10-13H,2-3,8-9H2,1H3. The Kier molecular flexibility index (Phi) is 6.72. The molecule has 0 unspecified atom stereocenters. The SMILES string of the molecule is CCCc1ccc(-c2cc(F)c(C(F)(F)CCc3cc(F)c(F)c(F)c3)c(F)c2)cc1. The molecule has 0 aliphatic carbocycles. The first-order valence-corrected chi connectivity index (χ1v) is 9.72. The van der Waals surface area contributed by atoms with E-state index in [0.717, 1.165) is 30.5 Å². The third-order valence-electron chi connectivity index (χ3n) is 5.01. The van der Waals surface area contributed by atoms with Crippen LogP contribution in [0.4, 0.5) is 30.7 Å². The van der Waals surface area contributed by atoms with E-state index in [1.165, 1.54) is 0 Å². The Hall–Kier alpha value is -2.83. The van der Waals surface area contributed by atoms with E-state index in [0.29, 0.717) is 17.7 Å². The Morgan fingerprint density at radius 1 is 0.645 bits per heavy atom. The van der Waals surface area contributed by atoms with Crippen molar-refractivity contribution in [2.24, 2.45) is 0 Å². The second-order valence-electron chi connectivity index (χ2n) is 7.34. The van der Waals surface area contributed by atoms with Gasteiger partial charge >= 0.3 is 0 Å². The summed E-state index contributed by atoms with van der Waals surface area (Å²) in [5.74, 6) is -11.6. The van der Waals surface area contributed by atoms with E-state index in [9.17, 15) is 30.7 Å². The summed E-state index contributed by atoms with van der Waals surface area (Å²) >= 11 is 0. The molecule has 3 aromatic carbocycles. The summed E-state index contributed by atoms with van der Waals surface area (Å²) < 4.78 is 97.7. The van der Waals surface area contributed by atoms with Crippen LogP contribution in [-0.2, 0) is 18.8 Å². The first-order valence-electron chi connectivity index (χ1n) is 9.72. The van der Waals surface area contributed by atoms with Crippen molar-refractivity contribution in [2.75, 3.05) is 0 Å². The first kappa shape index (κ1) is 22.8. The van der Waals surface area contributed by atoms with Crippen LogP contribution in [0.5, 0.6) is 0 Å². The van der Waals surface area contributed by atoms with Crippen LogP contribution < -0.4 is 0 Å². The van der Waals surface area contributed by atoms with Crippen molar-refractivity contribution < 1.29 is 30.7 Å². The summed E-state index contributed by atoms with van der Waals surface area (Å²) in [6.07, 6.45) is 0.0522. The zero-order chi connectivity index (χ0) is 22.8. The fourth-order valence-corrected chi connectivity index (χ4v) is 3.42. The van der Waals surface area contributed by atoms with Crippen LogP contribution in [-0.4, -0.2) is 0 Å². The van der Waals surface area contributed by atoms with Gasteiger partial charge in [-0.3, -0.25) is 0 Å². The summed E-state index contributed by atoms with van der Waals surface area (Å²) in [4.78, 5) is 0. The Morgan fingerprint density at radius 2 is 1.19 bits per heavy atom. The molecule has 0 saturated carbocycles. The average molecular weight is 440 g/mol. The van der Waals surface area contributed by atoms with Crippen LogP contribution in [0.3, 0.4) is 0 Å². The summed E-state index contributed by atoms with van der Waals surface area (Å²) in [6, 6.07) is 9.75. The van der Waals surface area contributed by atoms with E-state index in [-0.39, 0.29) is 11.1 Å². The lowest BCUT2D eigenvalue weighted by atomic mass is 9.95. The number of hydrogen-bond donors (Lipinski definition) is 0. The highest BCUT2D eigenvalue weighted by Crippen LogP contribution is 2.38. The minimum atomic E-state index is -3.95. The normalized spacial score (nSPS) is 11.7. The Bertz CT molecular complexity index is 1030. The smallest absolute Gasteiger partial charge is 0.206 e. The van der Waals surface area contributed by atoms with Gasteiger partial charge < -0.3 is 0 Å². The molecular formula is C24H19F7. The topological polar surface area (TPSA) is 0 Å². The van der Waals surface area contributed by atoms with Gasteiger partial charge in [0.05, 0.1) is 5.56 Å². The fourth-order valence-electron chi connectivity index (χ4n) is 3.42. The van der Waals surface area contributed by atoms with E-state index in [4.69, 9.17) is 0 Å². The molecule has 0 amide bonds. The lowest BCUT2D eigenvalue weighted by molar-refractivity contribution is -0.0199. The zero-order valence-electron chi connectivity index (χ0n) is 16.6. The number of alkyl halides is 2. The van der Waals surface area contributed by atoms with Crippen LogP contribution in [0, 0.1) is 29.1 Å². The van der Waals surface area contributed by atoms with E-state index in [1.54, 1.807) is 24.3 Å². The van der Waals surface area contributed by atoms with Crippen LogP contribution in [0.2, 0.25) is 0 Å². The van der Waals surface area contributed by atoms with E-state index < -0.39 is 53.4 Å². The molecule has 0 aliphatic heterocycles. The van der Waals surface area contributed by atoms with E-state index in [2.05, 4.69) is 0 Å². The van der Waals surface area contributed by atoms with Gasteiger partial charge in [0, 0.05) is 6.42 Å². The molecule has 3 aromatic rings. The number of hydrogen-bond acceptors (Lipinski definition) is 0. The maximum atomic E-state index is 14.6. The summed E-state index contributed by atoms with van der Waals surface area (Å²) in [7, 11) is 0. The molecule has 164 valence electrons. The molecule has 0 nitrogen and oxygen atoms in total. The van der Waals surface area contributed by atoms with E-state index in [1.807, 2.05) is 6.92 Å². The Balaban J connectivity index is 1.84. The van der Waals surface area contributed by atoms with Crippen molar-refractivity contribution in [3.8, 4) is 11.1 Å². The van der Waals surface area contributed by atoms with E-state index >= 15 is 0 Å². The second-order valence-corrected chi connectivity index (χ2v) is 7.34. The van der Waals surface area contributed by atoms with Crippen molar-refractivity contribution in [3.63, 3.8) is 0 Å². The van der Waals surface area contributed by atoms with Gasteiger partial charge in [-0.25, -0.2) is 30.7 Å². The monoisotopic (exact) mass is 440 g/mol. The number of aryl methyl sites for hydroxylation is 2. The van der Waals surface area contributed by atoms with Crippen LogP contribution in [0.15, 0.2) is 48.5 Å². The van der Waals surface area contributed by atoms with Crippen LogP contribution in [0.1, 0.15) is 36.5 Å². The average Bonchev–Trinajstić information content (AvgIpc) is 2.70. The summed E-state index contributed by atoms with van der Waals surface area (Å²) in [5, 5.41) is 0. The maximum Gasteiger partial charge on any atom is 0.279 e. The Labute approximate surface area is 175 Å². The van der Waals surface area contributed by atoms with Gasteiger partial charge in [0.25, 0.3) is 5.92 Å². The molecule has 0 spiro atoms. The molecule has 0 fully saturated rings. The lowest BCUT2D eigenvalue weighted by Gasteiger charge is -2.19. The predicted molar refractivity (Wildman–Crippen MR) is 104 cm³/mol. The minimum absolute atomic E-state index is 0.111. The fraction of sp³-hybridized carbons (Fsp3) is 0.250. The first-order chi connectivity index (χ1) is 14.6. The molecule has 0 heterocycles. The maximum absolute atomic E-state index is 14.6. The number of rotatable bonds is 7. The Morgan fingerprint density at radius 3 is 1.71 bits per heavy atom. The highest BCUT2D eigenvalue weighted by molar-refractivity contribution is 5.64. The molecule has 0 aliphatic rings. The molecule has 7 heteroatoms. The van der Waals surface area contributed by atoms with Gasteiger partial charge in [0.1, 0.15) is 11.6 Å². The third kappa shape index (κ3) is 5.09. The van der Waals surface area contributed by atoms with Gasteiger partial charge in [-0.1, -0.05) is 37.6 Å². The van der Waals surface area contributed by atoms with Gasteiger partial charge in [-0.15, -0.1) is 0 Å². The molecule has 31 heavy (non-hydrogen) atoms. The van der Waals surface area contributed by atoms with Gasteiger partial charge in [0.2, 0.25) is 0 Å². The molecular weight excluding hydrogens is 421 g/mol. The molecule has 0 aromatic heterocycles. The van der Waals surface area contributed by atoms with Gasteiger partial charge in [0.15, 0.2) is 17.5 Å². The number of benzene rings is 3. The molecule has 0 atom stereocenters. The second kappa shape index (κ2) is 9.12. The largest absolute Gasteiger partial charge is 0.279 e. The number of halogens is 7.